The molecule has 0 aromatic rings. The van der Waals surface area contributed by atoms with Crippen molar-refractivity contribution in [2.24, 2.45) is 17.6 Å². The summed E-state index contributed by atoms with van der Waals surface area (Å²) in [6.45, 7) is 12.8. The molecular formula is C15H32ClN3O. The molecule has 2 N–H and O–H groups in total. The number of halogens is 1. The second kappa shape index (κ2) is 9.59. The van der Waals surface area contributed by atoms with Gasteiger partial charge in [-0.25, -0.2) is 0 Å². The van der Waals surface area contributed by atoms with E-state index in [1.54, 1.807) is 0 Å². The number of carbonyl (C=O) groups is 1. The quantitative estimate of drug-likeness (QED) is 0.816. The number of nitrogens with two attached hydrogens (primary N) is 1. The molecule has 1 aliphatic rings. The first-order chi connectivity index (χ1) is 8.88. The van der Waals surface area contributed by atoms with E-state index in [9.17, 15) is 4.79 Å². The molecule has 0 aliphatic carbocycles. The Kier molecular flexibility index (Phi) is 9.43. The fourth-order valence-corrected chi connectivity index (χ4v) is 2.69. The summed E-state index contributed by atoms with van der Waals surface area (Å²) in [6.07, 6.45) is 2.20. The van der Waals surface area contributed by atoms with Crippen LogP contribution in [0.15, 0.2) is 0 Å². The molecule has 120 valence electrons. The smallest absolute Gasteiger partial charge is 0.236 e. The monoisotopic (exact) mass is 305 g/mol. The molecule has 4 nitrogen and oxygen atoms in total. The molecule has 1 atom stereocenters. The fraction of sp³-hybridized carbons (Fsp3) is 0.933. The van der Waals surface area contributed by atoms with Crippen LogP contribution in [-0.4, -0.2) is 54.5 Å². The van der Waals surface area contributed by atoms with Gasteiger partial charge in [-0.05, 0) is 31.2 Å². The van der Waals surface area contributed by atoms with E-state index >= 15 is 0 Å². The summed E-state index contributed by atoms with van der Waals surface area (Å²) in [5, 5.41) is 0. The maximum atomic E-state index is 12.4. The number of nitrogens with zero attached hydrogens (tertiary/aromatic N) is 2. The van der Waals surface area contributed by atoms with Crippen LogP contribution in [0.25, 0.3) is 0 Å². The fourth-order valence-electron chi connectivity index (χ4n) is 2.69. The van der Waals surface area contributed by atoms with Crippen LogP contribution in [-0.2, 0) is 4.79 Å². The third-order valence-corrected chi connectivity index (χ3v) is 3.42. The van der Waals surface area contributed by atoms with Gasteiger partial charge in [0, 0.05) is 25.7 Å². The van der Waals surface area contributed by atoms with Gasteiger partial charge in [0.15, 0.2) is 0 Å². The van der Waals surface area contributed by atoms with Crippen molar-refractivity contribution in [2.75, 3.05) is 32.7 Å². The summed E-state index contributed by atoms with van der Waals surface area (Å²) in [4.78, 5) is 16.7. The van der Waals surface area contributed by atoms with E-state index in [1.165, 1.54) is 0 Å². The van der Waals surface area contributed by atoms with E-state index in [1.807, 2.05) is 4.90 Å². The van der Waals surface area contributed by atoms with Gasteiger partial charge in [-0.3, -0.25) is 9.69 Å². The number of likely N-dealkylation sites (tertiary alicyclic amines) is 1. The summed E-state index contributed by atoms with van der Waals surface area (Å²) in [5.74, 6) is 1.30. The molecule has 0 saturated carbocycles. The van der Waals surface area contributed by atoms with E-state index in [0.717, 1.165) is 39.0 Å². The largest absolute Gasteiger partial charge is 0.341 e. The Morgan fingerprint density at radius 2 is 1.80 bits per heavy atom. The lowest BCUT2D eigenvalue weighted by Crippen LogP contribution is -2.49. The van der Waals surface area contributed by atoms with Gasteiger partial charge >= 0.3 is 0 Å². The van der Waals surface area contributed by atoms with Gasteiger partial charge in [0.2, 0.25) is 5.91 Å². The van der Waals surface area contributed by atoms with Crippen molar-refractivity contribution in [3.8, 4) is 0 Å². The van der Waals surface area contributed by atoms with E-state index in [0.29, 0.717) is 18.4 Å². The average molecular weight is 306 g/mol. The molecule has 1 rings (SSSR count). The highest BCUT2D eigenvalue weighted by atomic mass is 35.5. The Balaban J connectivity index is 0.00000361. The van der Waals surface area contributed by atoms with Gasteiger partial charge in [0.1, 0.15) is 0 Å². The zero-order chi connectivity index (χ0) is 14.4. The zero-order valence-electron chi connectivity index (χ0n) is 13.5. The van der Waals surface area contributed by atoms with Crippen molar-refractivity contribution >= 4 is 18.3 Å². The van der Waals surface area contributed by atoms with Crippen molar-refractivity contribution < 1.29 is 4.79 Å². The molecular weight excluding hydrogens is 274 g/mol. The molecule has 5 heteroatoms. The zero-order valence-corrected chi connectivity index (χ0v) is 14.3. The van der Waals surface area contributed by atoms with Crippen LogP contribution < -0.4 is 5.73 Å². The molecule has 0 spiro atoms. The molecule has 0 bridgehead atoms. The summed E-state index contributed by atoms with van der Waals surface area (Å²) in [6, 6.07) is 0.241. The van der Waals surface area contributed by atoms with Crippen molar-refractivity contribution in [3.05, 3.63) is 0 Å². The van der Waals surface area contributed by atoms with Gasteiger partial charge in [-0.15, -0.1) is 12.4 Å². The van der Waals surface area contributed by atoms with Crippen molar-refractivity contribution in [3.63, 3.8) is 0 Å². The third-order valence-electron chi connectivity index (χ3n) is 3.42. The van der Waals surface area contributed by atoms with Gasteiger partial charge < -0.3 is 10.6 Å². The lowest BCUT2D eigenvalue weighted by atomic mass is 10.1. The highest BCUT2D eigenvalue weighted by Gasteiger charge is 2.22. The van der Waals surface area contributed by atoms with Crippen LogP contribution in [0.3, 0.4) is 0 Å². The lowest BCUT2D eigenvalue weighted by Gasteiger charge is -2.33. The van der Waals surface area contributed by atoms with Crippen LogP contribution in [0.2, 0.25) is 0 Å². The van der Waals surface area contributed by atoms with Crippen molar-refractivity contribution in [1.82, 2.24) is 9.80 Å². The average Bonchev–Trinajstić information content (AvgIpc) is 2.26. The SMILES string of the molecule is CC(C)CN(CC(C)C)C(=O)CN1CCC[C@@H](N)C1.Cl. The number of piperidine rings is 1. The Morgan fingerprint density at radius 1 is 1.25 bits per heavy atom. The summed E-state index contributed by atoms with van der Waals surface area (Å²) < 4.78 is 0. The molecule has 1 saturated heterocycles. The minimum absolute atomic E-state index is 0. The summed E-state index contributed by atoms with van der Waals surface area (Å²) in [7, 11) is 0. The van der Waals surface area contributed by atoms with Gasteiger partial charge in [-0.1, -0.05) is 27.7 Å². The Bertz CT molecular complexity index is 274. The highest BCUT2D eigenvalue weighted by Crippen LogP contribution is 2.10. The first kappa shape index (κ1) is 19.7. The van der Waals surface area contributed by atoms with Crippen LogP contribution in [0.4, 0.5) is 0 Å². The third kappa shape index (κ3) is 7.46. The van der Waals surface area contributed by atoms with Crippen LogP contribution in [0.1, 0.15) is 40.5 Å². The number of rotatable bonds is 6. The maximum absolute atomic E-state index is 12.4. The van der Waals surface area contributed by atoms with Crippen LogP contribution >= 0.6 is 12.4 Å². The van der Waals surface area contributed by atoms with E-state index in [2.05, 4.69) is 32.6 Å². The van der Waals surface area contributed by atoms with Gasteiger partial charge in [-0.2, -0.15) is 0 Å². The Labute approximate surface area is 130 Å². The normalized spacial score (nSPS) is 20.1. The predicted molar refractivity (Wildman–Crippen MR) is 87.2 cm³/mol. The van der Waals surface area contributed by atoms with Crippen LogP contribution in [0, 0.1) is 11.8 Å². The molecule has 0 unspecified atom stereocenters. The minimum atomic E-state index is 0. The number of hydrogen-bond acceptors (Lipinski definition) is 3. The van der Waals surface area contributed by atoms with E-state index < -0.39 is 0 Å². The minimum Gasteiger partial charge on any atom is -0.341 e. The molecule has 0 radical (unpaired) electrons. The van der Waals surface area contributed by atoms with Crippen LogP contribution in [0.5, 0.6) is 0 Å². The molecule has 1 amide bonds. The van der Waals surface area contributed by atoms with Gasteiger partial charge in [0.05, 0.1) is 6.54 Å². The molecule has 1 fully saturated rings. The van der Waals surface area contributed by atoms with E-state index in [4.69, 9.17) is 5.73 Å². The van der Waals surface area contributed by atoms with Gasteiger partial charge in [0.25, 0.3) is 0 Å². The Hall–Kier alpha value is -0.320. The second-order valence-electron chi connectivity index (χ2n) is 6.72. The molecule has 20 heavy (non-hydrogen) atoms. The maximum Gasteiger partial charge on any atom is 0.236 e. The molecule has 1 heterocycles. The summed E-state index contributed by atoms with van der Waals surface area (Å²) >= 11 is 0. The number of hydrogen-bond donors (Lipinski definition) is 1. The van der Waals surface area contributed by atoms with E-state index in [-0.39, 0.29) is 24.4 Å². The lowest BCUT2D eigenvalue weighted by molar-refractivity contribution is -0.133. The molecule has 1 aliphatic heterocycles. The van der Waals surface area contributed by atoms with Crippen molar-refractivity contribution in [2.45, 2.75) is 46.6 Å². The standard InChI is InChI=1S/C15H31N3O.ClH/c1-12(2)8-18(9-13(3)4)15(19)11-17-7-5-6-14(16)10-17;/h12-14H,5-11,16H2,1-4H3;1H/t14-;/m1./s1. The number of carbonyl (C=O) groups excluding carboxylic acids is 1. The van der Waals surface area contributed by atoms with Crippen molar-refractivity contribution in [1.29, 1.82) is 0 Å². The molecule has 0 aromatic carbocycles. The number of amides is 1. The topological polar surface area (TPSA) is 49.6 Å². The first-order valence-electron chi connectivity index (χ1n) is 7.64. The molecule has 0 aromatic heterocycles. The predicted octanol–water partition coefficient (Wildman–Crippen LogP) is 1.97. The highest BCUT2D eigenvalue weighted by molar-refractivity contribution is 5.85. The first-order valence-corrected chi connectivity index (χ1v) is 7.64. The second-order valence-corrected chi connectivity index (χ2v) is 6.72. The Morgan fingerprint density at radius 3 is 2.25 bits per heavy atom. The summed E-state index contributed by atoms with van der Waals surface area (Å²) in [5.41, 5.74) is 5.97.